The summed E-state index contributed by atoms with van der Waals surface area (Å²) in [6, 6.07) is 12.0. The Bertz CT molecular complexity index is 1040. The summed E-state index contributed by atoms with van der Waals surface area (Å²) in [4.78, 5) is 23.6. The topological polar surface area (TPSA) is 102 Å². The van der Waals surface area contributed by atoms with Crippen LogP contribution in [0.15, 0.2) is 47.6 Å². The number of nitro benzene ring substituents is 1. The Kier molecular flexibility index (Phi) is 5.15. The van der Waals surface area contributed by atoms with Gasteiger partial charge in [-0.15, -0.1) is 0 Å². The number of nitro groups is 1. The summed E-state index contributed by atoms with van der Waals surface area (Å²) in [5.41, 5.74) is 2.32. The van der Waals surface area contributed by atoms with E-state index in [0.717, 1.165) is 11.7 Å². The molecule has 0 saturated carbocycles. The summed E-state index contributed by atoms with van der Waals surface area (Å²) >= 11 is 0.888. The molecule has 3 aromatic rings. The molecule has 0 aliphatic carbocycles. The van der Waals surface area contributed by atoms with E-state index in [0.29, 0.717) is 22.5 Å². The molecular weight excluding hydrogens is 365 g/mol. The number of hydrogen-bond acceptors (Lipinski definition) is 7. The summed E-state index contributed by atoms with van der Waals surface area (Å²) in [6.45, 7) is 1.76. The summed E-state index contributed by atoms with van der Waals surface area (Å²) in [7, 11) is 0. The molecule has 2 aromatic carbocycles. The summed E-state index contributed by atoms with van der Waals surface area (Å²) in [6.07, 6.45) is 0. The first-order valence-corrected chi connectivity index (χ1v) is 8.14. The second-order valence-corrected chi connectivity index (χ2v) is 6.08. The average Bonchev–Trinajstić information content (AvgIpc) is 3.20. The number of carbonyl (C=O) groups is 1. The van der Waals surface area contributed by atoms with Crippen molar-refractivity contribution >= 4 is 45.8 Å². The standard InChI is InChI=1S/C16H11N5O3S.Na/c1-9-13(16(22)20(17-9)10-5-3-2-4-6-10)11-7-8-12(21(23)24)15-14(11)18-25-19-15;/h2-8,13H,1H3;/q;+1. The van der Waals surface area contributed by atoms with Gasteiger partial charge in [0.1, 0.15) is 11.4 Å². The summed E-state index contributed by atoms with van der Waals surface area (Å²) < 4.78 is 8.20. The molecule has 26 heavy (non-hydrogen) atoms. The van der Waals surface area contributed by atoms with Crippen molar-refractivity contribution < 1.29 is 39.3 Å². The van der Waals surface area contributed by atoms with Crippen molar-refractivity contribution in [1.29, 1.82) is 0 Å². The Morgan fingerprint density at radius 1 is 1.12 bits per heavy atom. The van der Waals surface area contributed by atoms with Crippen molar-refractivity contribution in [2.75, 3.05) is 5.01 Å². The molecule has 0 spiro atoms. The number of nitrogens with zero attached hydrogens (tertiary/aromatic N) is 5. The predicted molar refractivity (Wildman–Crippen MR) is 93.8 cm³/mol. The van der Waals surface area contributed by atoms with E-state index in [1.54, 1.807) is 25.1 Å². The van der Waals surface area contributed by atoms with Crippen LogP contribution in [0.5, 0.6) is 0 Å². The number of aromatic nitrogens is 2. The zero-order valence-electron chi connectivity index (χ0n) is 14.0. The van der Waals surface area contributed by atoms with E-state index in [-0.39, 0.29) is 46.7 Å². The van der Waals surface area contributed by atoms with Gasteiger partial charge in [-0.2, -0.15) is 18.9 Å². The molecule has 1 aliphatic rings. The number of anilines is 1. The minimum Gasteiger partial charge on any atom is -0.271 e. The van der Waals surface area contributed by atoms with Crippen LogP contribution in [0.3, 0.4) is 0 Å². The van der Waals surface area contributed by atoms with Gasteiger partial charge < -0.3 is 0 Å². The molecule has 124 valence electrons. The molecule has 1 atom stereocenters. The van der Waals surface area contributed by atoms with E-state index in [1.807, 2.05) is 18.2 Å². The van der Waals surface area contributed by atoms with Crippen LogP contribution in [0.25, 0.3) is 11.0 Å². The predicted octanol–water partition coefficient (Wildman–Crippen LogP) is 0.110. The first-order valence-electron chi connectivity index (χ1n) is 7.41. The van der Waals surface area contributed by atoms with E-state index in [1.165, 1.54) is 11.1 Å². The van der Waals surface area contributed by atoms with Crippen molar-refractivity contribution in [3.63, 3.8) is 0 Å². The van der Waals surface area contributed by atoms with Gasteiger partial charge in [-0.1, -0.05) is 18.2 Å². The number of rotatable bonds is 3. The number of carbonyl (C=O) groups excluding carboxylic acids is 1. The molecular formula is C16H11N5NaO3S+. The van der Waals surface area contributed by atoms with E-state index in [2.05, 4.69) is 13.8 Å². The van der Waals surface area contributed by atoms with Gasteiger partial charge in [-0.3, -0.25) is 14.9 Å². The molecule has 0 bridgehead atoms. The Morgan fingerprint density at radius 3 is 2.50 bits per heavy atom. The van der Waals surface area contributed by atoms with Crippen molar-refractivity contribution in [2.45, 2.75) is 12.8 Å². The van der Waals surface area contributed by atoms with Gasteiger partial charge in [-0.25, -0.2) is 0 Å². The van der Waals surface area contributed by atoms with Crippen LogP contribution >= 0.6 is 11.7 Å². The van der Waals surface area contributed by atoms with Crippen molar-refractivity contribution in [1.82, 2.24) is 8.75 Å². The number of fused-ring (bicyclic) bond motifs is 1. The maximum atomic E-state index is 12.9. The molecule has 0 fully saturated rings. The monoisotopic (exact) mass is 376 g/mol. The van der Waals surface area contributed by atoms with Gasteiger partial charge >= 0.3 is 29.6 Å². The number of hydrazone groups is 1. The maximum absolute atomic E-state index is 12.9. The second-order valence-electron chi connectivity index (χ2n) is 5.55. The molecule has 1 aromatic heterocycles. The van der Waals surface area contributed by atoms with Gasteiger partial charge in [-0.05, 0) is 30.7 Å². The van der Waals surface area contributed by atoms with Crippen molar-refractivity contribution in [3.8, 4) is 0 Å². The van der Waals surface area contributed by atoms with Gasteiger partial charge in [0.25, 0.3) is 11.6 Å². The molecule has 1 amide bonds. The van der Waals surface area contributed by atoms with Crippen LogP contribution < -0.4 is 34.6 Å². The zero-order chi connectivity index (χ0) is 17.6. The molecule has 0 radical (unpaired) electrons. The number of amides is 1. The Hall–Kier alpha value is -2.20. The minimum absolute atomic E-state index is 0. The van der Waals surface area contributed by atoms with Crippen LogP contribution in [0.4, 0.5) is 11.4 Å². The molecule has 0 saturated heterocycles. The normalized spacial score (nSPS) is 16.5. The smallest absolute Gasteiger partial charge is 0.271 e. The number of para-hydroxylation sites is 1. The SMILES string of the molecule is CC1=NN(c2ccccc2)C(=O)C1c1ccc([N+](=O)[O-])c2nsnc12.[Na+]. The van der Waals surface area contributed by atoms with Crippen LogP contribution in [-0.4, -0.2) is 25.3 Å². The number of non-ortho nitro benzene ring substituents is 1. The average molecular weight is 376 g/mol. The quantitative estimate of drug-likeness (QED) is 0.367. The maximum Gasteiger partial charge on any atom is 1.00 e. The summed E-state index contributed by atoms with van der Waals surface area (Å²) in [5.74, 6) is -0.848. The van der Waals surface area contributed by atoms with Gasteiger partial charge in [0.15, 0.2) is 5.52 Å². The fraction of sp³-hybridized carbons (Fsp3) is 0.125. The fourth-order valence-electron chi connectivity index (χ4n) is 2.93. The van der Waals surface area contributed by atoms with Crippen LogP contribution in [0.2, 0.25) is 0 Å². The third kappa shape index (κ3) is 2.92. The summed E-state index contributed by atoms with van der Waals surface area (Å²) in [5, 5.41) is 16.9. The van der Waals surface area contributed by atoms with Crippen LogP contribution in [0.1, 0.15) is 18.4 Å². The Labute approximate surface area is 174 Å². The number of hydrogen-bond donors (Lipinski definition) is 0. The van der Waals surface area contributed by atoms with Gasteiger partial charge in [0.2, 0.25) is 0 Å². The molecule has 8 nitrogen and oxygen atoms in total. The second kappa shape index (κ2) is 7.20. The van der Waals surface area contributed by atoms with Gasteiger partial charge in [0.05, 0.1) is 28.1 Å². The minimum atomic E-state index is -0.632. The van der Waals surface area contributed by atoms with Crippen LogP contribution in [0, 0.1) is 10.1 Å². The molecule has 2 heterocycles. The number of benzene rings is 2. The first kappa shape index (κ1) is 18.6. The molecule has 10 heteroatoms. The van der Waals surface area contributed by atoms with Crippen molar-refractivity contribution in [2.24, 2.45) is 5.10 Å². The third-order valence-electron chi connectivity index (χ3n) is 4.07. The first-order chi connectivity index (χ1) is 12.1. The molecule has 0 N–H and O–H groups in total. The Balaban J connectivity index is 0.00000196. The largest absolute Gasteiger partial charge is 1.00 e. The van der Waals surface area contributed by atoms with Crippen molar-refractivity contribution in [3.05, 3.63) is 58.1 Å². The Morgan fingerprint density at radius 2 is 1.81 bits per heavy atom. The zero-order valence-corrected chi connectivity index (χ0v) is 16.8. The molecule has 1 unspecified atom stereocenters. The van der Waals surface area contributed by atoms with E-state index in [4.69, 9.17) is 0 Å². The van der Waals surface area contributed by atoms with Gasteiger partial charge in [0, 0.05) is 6.07 Å². The fourth-order valence-corrected chi connectivity index (χ4v) is 3.51. The van der Waals surface area contributed by atoms with E-state index < -0.39 is 10.8 Å². The van der Waals surface area contributed by atoms with E-state index >= 15 is 0 Å². The molecule has 1 aliphatic heterocycles. The van der Waals surface area contributed by atoms with E-state index in [9.17, 15) is 14.9 Å². The molecule has 4 rings (SSSR count). The van der Waals surface area contributed by atoms with Crippen LogP contribution in [-0.2, 0) is 4.79 Å². The third-order valence-corrected chi connectivity index (χ3v) is 4.59.